The maximum atomic E-state index is 13.5. The molecule has 0 spiro atoms. The maximum Gasteiger partial charge on any atom is 1.00 e. The molecule has 0 aliphatic carbocycles. The van der Waals surface area contributed by atoms with Crippen molar-refractivity contribution in [3.8, 4) is 0 Å². The second-order valence-corrected chi connectivity index (χ2v) is 11.0. The minimum atomic E-state index is -1.63. The fourth-order valence-corrected chi connectivity index (χ4v) is 4.18. The van der Waals surface area contributed by atoms with Crippen LogP contribution >= 0.6 is 0 Å². The summed E-state index contributed by atoms with van der Waals surface area (Å²) >= 11 is 0. The van der Waals surface area contributed by atoms with Gasteiger partial charge in [0, 0.05) is 31.8 Å². The van der Waals surface area contributed by atoms with Crippen molar-refractivity contribution in [3.05, 3.63) is 0 Å². The Hall–Kier alpha value is -4.09. The zero-order valence-electron chi connectivity index (χ0n) is 29.9. The second-order valence-electron chi connectivity index (χ2n) is 11.0. The normalized spacial score (nSPS) is 13.3. The summed E-state index contributed by atoms with van der Waals surface area (Å²) in [7, 11) is 0. The third-order valence-electron chi connectivity index (χ3n) is 6.89. The molecule has 0 saturated heterocycles. The number of amides is 7. The van der Waals surface area contributed by atoms with E-state index < -0.39 is 109 Å². The van der Waals surface area contributed by atoms with Gasteiger partial charge in [0.1, 0.15) is 31.8 Å². The Morgan fingerprint density at radius 2 is 1.23 bits per heavy atom. The van der Waals surface area contributed by atoms with E-state index in [-0.39, 0.29) is 99.7 Å². The van der Waals surface area contributed by atoms with E-state index in [9.17, 15) is 48.3 Å². The van der Waals surface area contributed by atoms with E-state index in [1.54, 1.807) is 0 Å². The molecule has 0 aromatic carbocycles. The molecule has 0 saturated carbocycles. The molecule has 0 aromatic rings. The molecule has 0 radical (unpaired) electrons. The molecular weight excluding hydrogens is 725 g/mol. The Bertz CT molecular complexity index is 1300. The van der Waals surface area contributed by atoms with Crippen LogP contribution in [0.3, 0.4) is 0 Å². The Labute approximate surface area is 329 Å². The van der Waals surface area contributed by atoms with Crippen LogP contribution in [0, 0.1) is 0 Å². The van der Waals surface area contributed by atoms with Crippen LogP contribution in [-0.2, 0) is 43.2 Å². The van der Waals surface area contributed by atoms with Crippen LogP contribution in [0.4, 0.5) is 0 Å². The number of rotatable bonds is 27. The molecule has 0 rings (SSSR count). The summed E-state index contributed by atoms with van der Waals surface area (Å²) in [5, 5.41) is 31.4. The van der Waals surface area contributed by atoms with Crippen LogP contribution in [0.1, 0.15) is 65.6 Å². The van der Waals surface area contributed by atoms with Gasteiger partial charge in [0.2, 0.25) is 41.4 Å². The Morgan fingerprint density at radius 1 is 0.731 bits per heavy atom. The number of carbonyl (C=O) groups excluding carboxylic acids is 9. The number of aldehydes is 1. The first kappa shape index (κ1) is 50.0. The monoisotopic (exact) mass is 775 g/mol. The van der Waals surface area contributed by atoms with Gasteiger partial charge in [-0.2, -0.15) is 0 Å². The molecule has 0 aliphatic heterocycles. The topological polar surface area (TPSA) is 401 Å². The van der Waals surface area contributed by atoms with Gasteiger partial charge in [-0.15, -0.1) is 0 Å². The van der Waals surface area contributed by atoms with Crippen LogP contribution in [0.25, 0.3) is 0 Å². The van der Waals surface area contributed by atoms with Crippen LogP contribution in [-0.4, -0.2) is 115 Å². The first-order chi connectivity index (χ1) is 23.9. The quantitative estimate of drug-likeness (QED) is 0.0121. The Kier molecular flexibility index (Phi) is 28.4. The fourth-order valence-electron chi connectivity index (χ4n) is 4.18. The molecule has 5 unspecified atom stereocenters. The van der Waals surface area contributed by atoms with Crippen molar-refractivity contribution < 1.29 is 102 Å². The number of nitrogens with one attached hydrogen (secondary N) is 6. The van der Waals surface area contributed by atoms with Crippen molar-refractivity contribution >= 4 is 59.5 Å². The molecule has 0 bridgehead atoms. The SMILES string of the molecule is [3H]C(=O)CCC(NC(=O)C(CCC(=O)NC(CCC[NH+]=C(N)N)C(N)=O)NC(=O)C(CCC(=O)NCCO)NC(=O)C(N)CCC(=O)[O-])C(N)=O.[Cl-].[Na+]. The van der Waals surface area contributed by atoms with Gasteiger partial charge in [0.15, 0.2) is 0 Å². The van der Waals surface area contributed by atoms with E-state index in [1.165, 1.54) is 0 Å². The predicted octanol–water partition coefficient (Wildman–Crippen LogP) is -15.5. The third kappa shape index (κ3) is 24.2. The summed E-state index contributed by atoms with van der Waals surface area (Å²) < 4.78 is 7.06. The van der Waals surface area contributed by atoms with Gasteiger partial charge in [0.25, 0.3) is 0 Å². The molecule has 290 valence electrons. The zero-order valence-corrected chi connectivity index (χ0v) is 31.6. The van der Waals surface area contributed by atoms with Crippen molar-refractivity contribution in [3.63, 3.8) is 0 Å². The Morgan fingerprint density at radius 3 is 1.71 bits per heavy atom. The van der Waals surface area contributed by atoms with Crippen LogP contribution in [0.15, 0.2) is 0 Å². The molecule has 0 aromatic heterocycles. The van der Waals surface area contributed by atoms with Gasteiger partial charge in [-0.25, -0.2) is 0 Å². The summed E-state index contributed by atoms with van der Waals surface area (Å²) in [6, 6.07) is -7.22. The molecule has 52 heavy (non-hydrogen) atoms. The summed E-state index contributed by atoms with van der Waals surface area (Å²) in [6.45, 7) is -0.237. The average Bonchev–Trinajstić information content (AvgIpc) is 3.04. The first-order valence-corrected chi connectivity index (χ1v) is 15.6. The molecule has 5 atom stereocenters. The van der Waals surface area contributed by atoms with Gasteiger partial charge in [-0.1, -0.05) is 0 Å². The first-order valence-electron chi connectivity index (χ1n) is 16.1. The summed E-state index contributed by atoms with van der Waals surface area (Å²) in [5.74, 6) is -8.02. The molecule has 0 aliphatic rings. The standard InChI is InChI=1S/C28H49N11O11.ClH.Na/c29-15(5-10-22(44)45)25(48)38-18(6-8-20(42)34-12-14-41)27(50)39-19(26(49)37-17(24(31)47)4-2-13-40)7-9-21(43)36-16(23(30)46)3-1-11-35-28(32)33;;/h13,15-19,41H,1-12,14,29H2,(H2,30,46)(H2,31,47)(H,34,42)(H,36,43)(H,37,49)(H,38,48)(H,39,50)(H,44,45)(H4,32,33,35);1H;/q;;+1/p-1/i13T;;. The summed E-state index contributed by atoms with van der Waals surface area (Å²) in [4.78, 5) is 113. The van der Waals surface area contributed by atoms with E-state index in [0.29, 0.717) is 6.42 Å². The molecule has 24 heteroatoms. The number of aliphatic hydroxyl groups excluding tert-OH is 1. The number of carboxylic acid groups (broad SMARTS) is 1. The van der Waals surface area contributed by atoms with Gasteiger partial charge in [-0.3, -0.25) is 50.0 Å². The minimum Gasteiger partial charge on any atom is -1.00 e. The van der Waals surface area contributed by atoms with Gasteiger partial charge >= 0.3 is 35.5 Å². The number of nitrogens with two attached hydrogens (primary N) is 5. The van der Waals surface area contributed by atoms with E-state index in [4.69, 9.17) is 35.1 Å². The Balaban J connectivity index is -0.0000125. The van der Waals surface area contributed by atoms with E-state index >= 15 is 0 Å². The molecular formula is C28H49ClN11NaO11. The van der Waals surface area contributed by atoms with Gasteiger partial charge in [-0.05, 0) is 44.9 Å². The molecule has 0 heterocycles. The van der Waals surface area contributed by atoms with Crippen molar-refractivity contribution in [2.24, 2.45) is 28.7 Å². The second kappa shape index (κ2) is 29.5. The molecule has 0 fully saturated rings. The van der Waals surface area contributed by atoms with Crippen LogP contribution in [0.5, 0.6) is 0 Å². The fraction of sp³-hybridized carbons (Fsp3) is 0.643. The predicted molar refractivity (Wildman–Crippen MR) is 171 cm³/mol. The van der Waals surface area contributed by atoms with Crippen molar-refractivity contribution in [1.29, 1.82) is 0 Å². The smallest absolute Gasteiger partial charge is 1.00 e. The number of hydrogen-bond donors (Lipinski definition) is 12. The number of guanidine groups is 1. The largest absolute Gasteiger partial charge is 1.00 e. The number of hydrogen-bond acceptors (Lipinski definition) is 12. The van der Waals surface area contributed by atoms with Gasteiger partial charge in [0.05, 0.1) is 19.2 Å². The third-order valence-corrected chi connectivity index (χ3v) is 6.89. The number of aliphatic carboxylic acids is 1. The molecule has 17 N–H and O–H groups in total. The number of carbonyl (C=O) groups is 9. The molecule has 7 amide bonds. The molecule has 22 nitrogen and oxygen atoms in total. The zero-order chi connectivity index (χ0) is 39.1. The maximum absolute atomic E-state index is 13.5. The van der Waals surface area contributed by atoms with E-state index in [0.717, 1.165) is 0 Å². The van der Waals surface area contributed by atoms with Gasteiger partial charge < -0.3 is 76.0 Å². The number of carboxylic acids is 1. The summed E-state index contributed by atoms with van der Waals surface area (Å²) in [6.07, 6.45) is -4.17. The number of aliphatic hydroxyl groups is 1. The average molecular weight is 776 g/mol. The number of halogens is 1. The minimum absolute atomic E-state index is 0. The van der Waals surface area contributed by atoms with Crippen molar-refractivity contribution in [2.75, 3.05) is 19.7 Å². The van der Waals surface area contributed by atoms with Crippen LogP contribution in [0.2, 0.25) is 0 Å². The van der Waals surface area contributed by atoms with Crippen molar-refractivity contribution in [2.45, 2.75) is 94.4 Å². The van der Waals surface area contributed by atoms with E-state index in [2.05, 4.69) is 31.6 Å². The summed E-state index contributed by atoms with van der Waals surface area (Å²) in [5.41, 5.74) is 27.1. The van der Waals surface area contributed by atoms with Crippen molar-refractivity contribution in [1.82, 2.24) is 26.6 Å². The van der Waals surface area contributed by atoms with Crippen LogP contribution < -0.4 is 107 Å². The van der Waals surface area contributed by atoms with E-state index in [1.807, 2.05) is 0 Å². The number of primary amides is 2.